The third-order valence-electron chi connectivity index (χ3n) is 4.69. The van der Waals surface area contributed by atoms with Gasteiger partial charge in [0, 0.05) is 30.9 Å². The van der Waals surface area contributed by atoms with E-state index in [1.165, 1.54) is 5.56 Å². The largest absolute Gasteiger partial charge is 0.497 e. The summed E-state index contributed by atoms with van der Waals surface area (Å²) in [6, 6.07) is 17.7. The van der Waals surface area contributed by atoms with Gasteiger partial charge in [-0.2, -0.15) is 4.98 Å². The zero-order valence-corrected chi connectivity index (χ0v) is 16.2. The molecule has 1 N–H and O–H groups in total. The second-order valence-electron chi connectivity index (χ2n) is 6.56. The lowest BCUT2D eigenvalue weighted by molar-refractivity contribution is -0.121. The standard InChI is InChI=1S/C22H25N3O3/c1-3-16(17-7-5-4-6-8-17)15-23-20(26)13-14-21-24-22(25-28-21)18-9-11-19(27-2)12-10-18/h4-12,16H,3,13-15H2,1-2H3,(H,23,26). The average Bonchev–Trinajstić information content (AvgIpc) is 3.22. The molecule has 3 aromatic rings. The smallest absolute Gasteiger partial charge is 0.227 e. The number of aryl methyl sites for hydroxylation is 1. The number of methoxy groups -OCH3 is 1. The molecule has 1 aromatic heterocycles. The molecule has 3 rings (SSSR count). The third-order valence-corrected chi connectivity index (χ3v) is 4.69. The van der Waals surface area contributed by atoms with E-state index in [-0.39, 0.29) is 5.91 Å². The Morgan fingerprint density at radius 2 is 1.89 bits per heavy atom. The maximum absolute atomic E-state index is 12.2. The first-order valence-corrected chi connectivity index (χ1v) is 9.48. The van der Waals surface area contributed by atoms with Crippen LogP contribution in [0, 0.1) is 0 Å². The van der Waals surface area contributed by atoms with E-state index in [2.05, 4.69) is 34.5 Å². The van der Waals surface area contributed by atoms with Crippen LogP contribution in [0.25, 0.3) is 11.4 Å². The molecule has 1 amide bonds. The van der Waals surface area contributed by atoms with Crippen LogP contribution < -0.4 is 10.1 Å². The summed E-state index contributed by atoms with van der Waals surface area (Å²) >= 11 is 0. The number of hydrogen-bond acceptors (Lipinski definition) is 5. The number of carbonyl (C=O) groups is 1. The third kappa shape index (κ3) is 5.19. The van der Waals surface area contributed by atoms with Gasteiger partial charge >= 0.3 is 0 Å². The monoisotopic (exact) mass is 379 g/mol. The van der Waals surface area contributed by atoms with Gasteiger partial charge < -0.3 is 14.6 Å². The van der Waals surface area contributed by atoms with Crippen molar-refractivity contribution in [3.63, 3.8) is 0 Å². The fraction of sp³-hybridized carbons (Fsp3) is 0.318. The van der Waals surface area contributed by atoms with Crippen molar-refractivity contribution in [2.45, 2.75) is 32.1 Å². The number of benzene rings is 2. The number of rotatable bonds is 9. The van der Waals surface area contributed by atoms with E-state index in [1.807, 2.05) is 42.5 Å². The van der Waals surface area contributed by atoms with Crippen LogP contribution in [0.3, 0.4) is 0 Å². The summed E-state index contributed by atoms with van der Waals surface area (Å²) < 4.78 is 10.4. The van der Waals surface area contributed by atoms with Crippen LogP contribution in [0.1, 0.15) is 37.1 Å². The van der Waals surface area contributed by atoms with E-state index in [0.717, 1.165) is 17.7 Å². The van der Waals surface area contributed by atoms with Crippen LogP contribution in [-0.4, -0.2) is 29.7 Å². The minimum absolute atomic E-state index is 0.0152. The molecule has 28 heavy (non-hydrogen) atoms. The first kappa shape index (κ1) is 19.6. The summed E-state index contributed by atoms with van der Waals surface area (Å²) in [6.45, 7) is 2.75. The summed E-state index contributed by atoms with van der Waals surface area (Å²) in [5.41, 5.74) is 2.08. The molecule has 0 spiro atoms. The summed E-state index contributed by atoms with van der Waals surface area (Å²) in [4.78, 5) is 16.6. The van der Waals surface area contributed by atoms with Crippen molar-refractivity contribution in [3.8, 4) is 17.1 Å². The lowest BCUT2D eigenvalue weighted by Gasteiger charge is -2.16. The Labute approximate surface area is 164 Å². The van der Waals surface area contributed by atoms with Gasteiger partial charge in [-0.1, -0.05) is 42.4 Å². The highest BCUT2D eigenvalue weighted by atomic mass is 16.5. The van der Waals surface area contributed by atoms with E-state index >= 15 is 0 Å². The zero-order chi connectivity index (χ0) is 19.8. The maximum atomic E-state index is 12.2. The van der Waals surface area contributed by atoms with Crippen LogP contribution >= 0.6 is 0 Å². The van der Waals surface area contributed by atoms with Crippen molar-refractivity contribution in [2.24, 2.45) is 0 Å². The molecule has 6 heteroatoms. The SMILES string of the molecule is CCC(CNC(=O)CCc1nc(-c2ccc(OC)cc2)no1)c1ccccc1. The highest BCUT2D eigenvalue weighted by Gasteiger charge is 2.13. The van der Waals surface area contributed by atoms with Gasteiger partial charge in [0.15, 0.2) is 0 Å². The molecule has 0 bridgehead atoms. The Morgan fingerprint density at radius 3 is 2.57 bits per heavy atom. The molecular weight excluding hydrogens is 354 g/mol. The van der Waals surface area contributed by atoms with E-state index < -0.39 is 0 Å². The van der Waals surface area contributed by atoms with Gasteiger partial charge in [-0.05, 0) is 36.2 Å². The molecule has 0 saturated heterocycles. The Bertz CT molecular complexity index is 876. The molecule has 1 atom stereocenters. The highest BCUT2D eigenvalue weighted by Crippen LogP contribution is 2.20. The highest BCUT2D eigenvalue weighted by molar-refractivity contribution is 5.76. The van der Waals surface area contributed by atoms with Crippen LogP contribution in [-0.2, 0) is 11.2 Å². The van der Waals surface area contributed by atoms with Gasteiger partial charge in [0.05, 0.1) is 7.11 Å². The van der Waals surface area contributed by atoms with Crippen molar-refractivity contribution in [1.82, 2.24) is 15.5 Å². The molecule has 146 valence electrons. The first-order chi connectivity index (χ1) is 13.7. The van der Waals surface area contributed by atoms with Crippen LogP contribution in [0.5, 0.6) is 5.75 Å². The van der Waals surface area contributed by atoms with Crippen molar-refractivity contribution < 1.29 is 14.1 Å². The molecule has 0 fully saturated rings. The van der Waals surface area contributed by atoms with E-state index in [4.69, 9.17) is 9.26 Å². The number of nitrogens with one attached hydrogen (secondary N) is 1. The number of hydrogen-bond donors (Lipinski definition) is 1. The molecule has 0 aliphatic carbocycles. The molecule has 0 radical (unpaired) electrons. The van der Waals surface area contributed by atoms with Gasteiger partial charge in [0.2, 0.25) is 17.6 Å². The summed E-state index contributed by atoms with van der Waals surface area (Å²) in [7, 11) is 1.62. The average molecular weight is 379 g/mol. The number of aromatic nitrogens is 2. The Morgan fingerprint density at radius 1 is 1.14 bits per heavy atom. The first-order valence-electron chi connectivity index (χ1n) is 9.48. The summed E-state index contributed by atoms with van der Waals surface area (Å²) in [5, 5.41) is 7.00. The predicted octanol–water partition coefficient (Wildman–Crippen LogP) is 3.99. The molecule has 0 saturated carbocycles. The van der Waals surface area contributed by atoms with Gasteiger partial charge in [-0.15, -0.1) is 0 Å². The molecule has 1 unspecified atom stereocenters. The molecule has 6 nitrogen and oxygen atoms in total. The number of amides is 1. The van der Waals surface area contributed by atoms with Gasteiger partial charge in [0.1, 0.15) is 5.75 Å². The molecular formula is C22H25N3O3. The van der Waals surface area contributed by atoms with Crippen LogP contribution in [0.2, 0.25) is 0 Å². The van der Waals surface area contributed by atoms with E-state index in [9.17, 15) is 4.79 Å². The lowest BCUT2D eigenvalue weighted by Crippen LogP contribution is -2.28. The lowest BCUT2D eigenvalue weighted by atomic mass is 9.96. The van der Waals surface area contributed by atoms with Gasteiger partial charge in [-0.3, -0.25) is 4.79 Å². The van der Waals surface area contributed by atoms with Crippen LogP contribution in [0.4, 0.5) is 0 Å². The van der Waals surface area contributed by atoms with Crippen molar-refractivity contribution in [1.29, 1.82) is 0 Å². The van der Waals surface area contributed by atoms with Crippen LogP contribution in [0.15, 0.2) is 59.1 Å². The fourth-order valence-corrected chi connectivity index (χ4v) is 2.98. The Balaban J connectivity index is 1.48. The molecule has 1 heterocycles. The Kier molecular flexibility index (Phi) is 6.78. The van der Waals surface area contributed by atoms with E-state index in [0.29, 0.717) is 37.0 Å². The maximum Gasteiger partial charge on any atom is 0.227 e. The van der Waals surface area contributed by atoms with E-state index in [1.54, 1.807) is 7.11 Å². The predicted molar refractivity (Wildman–Crippen MR) is 107 cm³/mol. The second-order valence-corrected chi connectivity index (χ2v) is 6.56. The van der Waals surface area contributed by atoms with Gasteiger partial charge in [0.25, 0.3) is 0 Å². The number of nitrogens with zero attached hydrogens (tertiary/aromatic N) is 2. The normalized spacial score (nSPS) is 11.8. The van der Waals surface area contributed by atoms with Crippen molar-refractivity contribution >= 4 is 5.91 Å². The summed E-state index contributed by atoms with van der Waals surface area (Å²) in [6.07, 6.45) is 1.70. The second kappa shape index (κ2) is 9.69. The minimum Gasteiger partial charge on any atom is -0.497 e. The molecule has 0 aliphatic rings. The van der Waals surface area contributed by atoms with Crippen molar-refractivity contribution in [2.75, 3.05) is 13.7 Å². The molecule has 0 aliphatic heterocycles. The zero-order valence-electron chi connectivity index (χ0n) is 16.2. The fourth-order valence-electron chi connectivity index (χ4n) is 2.98. The number of carbonyl (C=O) groups excluding carboxylic acids is 1. The number of ether oxygens (including phenoxy) is 1. The molecule has 2 aromatic carbocycles. The van der Waals surface area contributed by atoms with Crippen molar-refractivity contribution in [3.05, 3.63) is 66.1 Å². The Hall–Kier alpha value is -3.15. The summed E-state index contributed by atoms with van der Waals surface area (Å²) in [5.74, 6) is 2.03. The quantitative estimate of drug-likeness (QED) is 0.608. The topological polar surface area (TPSA) is 77.2 Å². The minimum atomic E-state index is -0.0152. The van der Waals surface area contributed by atoms with Gasteiger partial charge in [-0.25, -0.2) is 0 Å².